The van der Waals surface area contributed by atoms with Crippen LogP contribution in [0.3, 0.4) is 0 Å². The van der Waals surface area contributed by atoms with E-state index in [0.29, 0.717) is 37.2 Å². The third kappa shape index (κ3) is 5.48. The fraction of sp³-hybridized carbons (Fsp3) is 0.364. The molecule has 1 aliphatic rings. The predicted molar refractivity (Wildman–Crippen MR) is 116 cm³/mol. The Balaban J connectivity index is 1.72. The number of hydrogen-bond acceptors (Lipinski definition) is 4. The van der Waals surface area contributed by atoms with E-state index in [1.165, 1.54) is 16.4 Å². The number of carbonyl (C=O) groups is 2. The van der Waals surface area contributed by atoms with Gasteiger partial charge in [-0.3, -0.25) is 9.59 Å². The molecule has 0 unspecified atom stereocenters. The lowest BCUT2D eigenvalue weighted by Gasteiger charge is -2.31. The van der Waals surface area contributed by atoms with Crippen LogP contribution in [0.2, 0.25) is 0 Å². The molecule has 31 heavy (non-hydrogen) atoms. The van der Waals surface area contributed by atoms with Crippen LogP contribution in [0.5, 0.6) is 0 Å². The van der Waals surface area contributed by atoms with Crippen molar-refractivity contribution in [2.45, 2.75) is 31.1 Å². The molecule has 9 heteroatoms. The molecule has 0 spiro atoms. The number of rotatable bonds is 7. The summed E-state index contributed by atoms with van der Waals surface area (Å²) in [5, 5.41) is 5.57. The fourth-order valence-corrected chi connectivity index (χ4v) is 5.01. The maximum Gasteiger partial charge on any atom is 0.253 e. The van der Waals surface area contributed by atoms with Crippen LogP contribution < -0.4 is 10.6 Å². The first-order chi connectivity index (χ1) is 14.8. The molecule has 2 N–H and O–H groups in total. The van der Waals surface area contributed by atoms with Crippen molar-refractivity contribution in [1.29, 1.82) is 0 Å². The van der Waals surface area contributed by atoms with Gasteiger partial charge in [-0.1, -0.05) is 19.1 Å². The molecular weight excluding hydrogens is 421 g/mol. The number of nitrogens with one attached hydrogen (secondary N) is 2. The maximum atomic E-state index is 13.2. The van der Waals surface area contributed by atoms with Crippen molar-refractivity contribution in [3.05, 3.63) is 59.9 Å². The smallest absolute Gasteiger partial charge is 0.253 e. The average molecular weight is 448 g/mol. The second kappa shape index (κ2) is 10.0. The Bertz CT molecular complexity index is 1040. The van der Waals surface area contributed by atoms with Crippen LogP contribution in [0.1, 0.15) is 36.5 Å². The van der Waals surface area contributed by atoms with Crippen LogP contribution in [-0.2, 0) is 14.8 Å². The number of benzene rings is 2. The van der Waals surface area contributed by atoms with Gasteiger partial charge in [0.05, 0.1) is 22.1 Å². The second-order valence-electron chi connectivity index (χ2n) is 7.45. The van der Waals surface area contributed by atoms with E-state index in [2.05, 4.69) is 10.6 Å². The molecule has 1 saturated heterocycles. The summed E-state index contributed by atoms with van der Waals surface area (Å²) in [6.45, 7) is 2.79. The zero-order valence-corrected chi connectivity index (χ0v) is 18.1. The van der Waals surface area contributed by atoms with Crippen molar-refractivity contribution >= 4 is 27.5 Å². The summed E-state index contributed by atoms with van der Waals surface area (Å²) in [7, 11) is -3.83. The van der Waals surface area contributed by atoms with Gasteiger partial charge in [0, 0.05) is 19.6 Å². The molecular formula is C22H26FN3O4S. The van der Waals surface area contributed by atoms with Gasteiger partial charge in [0.25, 0.3) is 5.91 Å². The predicted octanol–water partition coefficient (Wildman–Crippen LogP) is 3.00. The second-order valence-corrected chi connectivity index (χ2v) is 9.38. The largest absolute Gasteiger partial charge is 0.352 e. The Labute approximate surface area is 181 Å². The number of hydrogen-bond donors (Lipinski definition) is 2. The lowest BCUT2D eigenvalue weighted by atomic mass is 9.98. The maximum absolute atomic E-state index is 13.2. The highest BCUT2D eigenvalue weighted by molar-refractivity contribution is 7.89. The molecule has 1 aliphatic heterocycles. The van der Waals surface area contributed by atoms with Crippen LogP contribution in [0.25, 0.3) is 0 Å². The van der Waals surface area contributed by atoms with Crippen LogP contribution in [0, 0.1) is 11.7 Å². The lowest BCUT2D eigenvalue weighted by molar-refractivity contribution is -0.120. The third-order valence-electron chi connectivity index (χ3n) is 5.17. The Hall–Kier alpha value is -2.78. The topological polar surface area (TPSA) is 95.6 Å². The van der Waals surface area contributed by atoms with Gasteiger partial charge in [0.2, 0.25) is 15.9 Å². The molecule has 0 bridgehead atoms. The minimum atomic E-state index is -3.83. The van der Waals surface area contributed by atoms with E-state index in [0.717, 1.165) is 18.6 Å². The summed E-state index contributed by atoms with van der Waals surface area (Å²) in [6, 6.07) is 11.4. The number of amides is 2. The third-order valence-corrected chi connectivity index (χ3v) is 7.05. The first-order valence-electron chi connectivity index (χ1n) is 10.3. The number of nitrogens with zero attached hydrogens (tertiary/aromatic N) is 1. The van der Waals surface area contributed by atoms with Gasteiger partial charge in [-0.25, -0.2) is 12.8 Å². The van der Waals surface area contributed by atoms with Crippen LogP contribution in [-0.4, -0.2) is 44.2 Å². The number of halogens is 1. The summed E-state index contributed by atoms with van der Waals surface area (Å²) >= 11 is 0. The number of carbonyl (C=O) groups excluding carboxylic acids is 2. The van der Waals surface area contributed by atoms with E-state index in [4.69, 9.17) is 0 Å². The van der Waals surface area contributed by atoms with E-state index in [1.54, 1.807) is 24.3 Å². The first-order valence-corrected chi connectivity index (χ1v) is 11.7. The highest BCUT2D eigenvalue weighted by atomic mass is 32.2. The van der Waals surface area contributed by atoms with Gasteiger partial charge < -0.3 is 10.6 Å². The molecule has 0 radical (unpaired) electrons. The molecule has 0 aromatic heterocycles. The number of piperidine rings is 1. The van der Waals surface area contributed by atoms with Crippen molar-refractivity contribution in [1.82, 2.24) is 9.62 Å². The van der Waals surface area contributed by atoms with Gasteiger partial charge in [-0.15, -0.1) is 0 Å². The van der Waals surface area contributed by atoms with Gasteiger partial charge in [-0.2, -0.15) is 4.31 Å². The van der Waals surface area contributed by atoms with Crippen molar-refractivity contribution in [2.75, 3.05) is 25.0 Å². The molecule has 1 heterocycles. The van der Waals surface area contributed by atoms with Gasteiger partial charge in [0.15, 0.2) is 0 Å². The normalized spacial score (nSPS) is 17.2. The molecule has 1 atom stereocenters. The number of sulfonamides is 1. The van der Waals surface area contributed by atoms with E-state index >= 15 is 0 Å². The molecule has 1 fully saturated rings. The zero-order valence-electron chi connectivity index (χ0n) is 17.3. The van der Waals surface area contributed by atoms with E-state index < -0.39 is 21.8 Å². The van der Waals surface area contributed by atoms with Crippen molar-refractivity contribution in [3.63, 3.8) is 0 Å². The lowest BCUT2D eigenvalue weighted by Crippen LogP contribution is -2.43. The molecule has 166 valence electrons. The molecule has 2 aromatic rings. The van der Waals surface area contributed by atoms with Crippen molar-refractivity contribution in [2.24, 2.45) is 5.92 Å². The zero-order chi connectivity index (χ0) is 22.4. The van der Waals surface area contributed by atoms with Crippen molar-refractivity contribution < 1.29 is 22.4 Å². The molecule has 2 amide bonds. The molecule has 0 saturated carbocycles. The van der Waals surface area contributed by atoms with Crippen LogP contribution in [0.4, 0.5) is 10.1 Å². The first kappa shape index (κ1) is 22.9. The standard InChI is InChI=1S/C22H26FN3O4S/c1-2-13-24-22(28)19-7-3-4-8-20(19)25-21(27)16-6-5-14-26(15-16)31(29,30)18-11-9-17(23)10-12-18/h3-4,7-12,16H,2,5-6,13-15H2,1H3,(H,24,28)(H,25,27)/t16-/m0/s1. The number of anilines is 1. The minimum Gasteiger partial charge on any atom is -0.352 e. The Morgan fingerprint density at radius 1 is 1.13 bits per heavy atom. The summed E-state index contributed by atoms with van der Waals surface area (Å²) in [5.74, 6) is -1.69. The summed E-state index contributed by atoms with van der Waals surface area (Å²) in [4.78, 5) is 25.3. The van der Waals surface area contributed by atoms with Crippen molar-refractivity contribution in [3.8, 4) is 0 Å². The molecule has 0 aliphatic carbocycles. The molecule has 7 nitrogen and oxygen atoms in total. The van der Waals surface area contributed by atoms with Gasteiger partial charge in [0.1, 0.15) is 5.82 Å². The summed E-state index contributed by atoms with van der Waals surface area (Å²) < 4.78 is 40.2. The highest BCUT2D eigenvalue weighted by Crippen LogP contribution is 2.25. The van der Waals surface area contributed by atoms with Crippen LogP contribution >= 0.6 is 0 Å². The summed E-state index contributed by atoms with van der Waals surface area (Å²) in [6.07, 6.45) is 1.85. The summed E-state index contributed by atoms with van der Waals surface area (Å²) in [5.41, 5.74) is 0.746. The number of para-hydroxylation sites is 1. The monoisotopic (exact) mass is 447 g/mol. The van der Waals surface area contributed by atoms with E-state index in [-0.39, 0.29) is 23.3 Å². The SMILES string of the molecule is CCCNC(=O)c1ccccc1NC(=O)[C@H]1CCCN(S(=O)(=O)c2ccc(F)cc2)C1. The Kier molecular flexibility index (Phi) is 7.40. The highest BCUT2D eigenvalue weighted by Gasteiger charge is 2.33. The molecule has 3 rings (SSSR count). The van der Waals surface area contributed by atoms with Crippen LogP contribution in [0.15, 0.2) is 53.4 Å². The Morgan fingerprint density at radius 3 is 2.55 bits per heavy atom. The van der Waals surface area contributed by atoms with Gasteiger partial charge >= 0.3 is 0 Å². The average Bonchev–Trinajstić information content (AvgIpc) is 2.78. The van der Waals surface area contributed by atoms with E-state index in [9.17, 15) is 22.4 Å². The quantitative estimate of drug-likeness (QED) is 0.682. The van der Waals surface area contributed by atoms with Gasteiger partial charge in [-0.05, 0) is 55.7 Å². The fourth-order valence-electron chi connectivity index (χ4n) is 3.49. The Morgan fingerprint density at radius 2 is 1.84 bits per heavy atom. The molecule has 2 aromatic carbocycles. The van der Waals surface area contributed by atoms with E-state index in [1.807, 2.05) is 6.92 Å². The minimum absolute atomic E-state index is 0.00657.